The van der Waals surface area contributed by atoms with Gasteiger partial charge in [0.2, 0.25) is 0 Å². The molecule has 1 aromatic carbocycles. The highest BCUT2D eigenvalue weighted by Gasteiger charge is 2.24. The predicted octanol–water partition coefficient (Wildman–Crippen LogP) is 1.98. The molecule has 0 bridgehead atoms. The highest BCUT2D eigenvalue weighted by molar-refractivity contribution is 5.80. The van der Waals surface area contributed by atoms with E-state index in [2.05, 4.69) is 33.0 Å². The fraction of sp³-hybridized carbons (Fsp3) is 0.524. The number of nitrogens with one attached hydrogen (secondary N) is 2. The number of aliphatic imine (C=N–C) groups is 1. The number of benzene rings is 1. The molecule has 9 nitrogen and oxygen atoms in total. The largest absolute Gasteiger partial charge is 0.450 e. The minimum Gasteiger partial charge on any atom is -0.450 e. The van der Waals surface area contributed by atoms with Crippen molar-refractivity contribution in [2.24, 2.45) is 12.0 Å². The maximum atomic E-state index is 11.9. The maximum Gasteiger partial charge on any atom is 0.409 e. The molecule has 0 spiro atoms. The molecule has 1 fully saturated rings. The average Bonchev–Trinajstić information content (AvgIpc) is 3.09. The number of piperidine rings is 1. The molecule has 0 aliphatic carbocycles. The number of carbonyl (C=O) groups is 1. The summed E-state index contributed by atoms with van der Waals surface area (Å²) in [6.07, 6.45) is 1.45. The first-order valence-electron chi connectivity index (χ1n) is 10.4. The predicted molar refractivity (Wildman–Crippen MR) is 115 cm³/mol. The van der Waals surface area contributed by atoms with Crippen molar-refractivity contribution in [1.29, 1.82) is 0 Å². The van der Waals surface area contributed by atoms with Gasteiger partial charge < -0.3 is 24.8 Å². The van der Waals surface area contributed by atoms with Crippen LogP contribution in [0, 0.1) is 6.92 Å². The summed E-state index contributed by atoms with van der Waals surface area (Å²) in [6.45, 7) is 6.60. The van der Waals surface area contributed by atoms with Gasteiger partial charge in [0.15, 0.2) is 11.8 Å². The quantitative estimate of drug-likeness (QED) is 0.555. The van der Waals surface area contributed by atoms with Crippen LogP contribution in [0.4, 0.5) is 4.79 Å². The Hall–Kier alpha value is -3.10. The van der Waals surface area contributed by atoms with Crippen LogP contribution in [0.1, 0.15) is 37.0 Å². The Balaban J connectivity index is 1.60. The van der Waals surface area contributed by atoms with Gasteiger partial charge in [0.1, 0.15) is 5.82 Å². The molecule has 1 aliphatic rings. The molecule has 2 heterocycles. The van der Waals surface area contributed by atoms with Crippen molar-refractivity contribution in [3.8, 4) is 0 Å². The topological polar surface area (TPSA) is 96.7 Å². The van der Waals surface area contributed by atoms with Crippen molar-refractivity contribution in [3.63, 3.8) is 0 Å². The number of ether oxygens (including phenoxy) is 1. The molecule has 3 rings (SSSR count). The highest BCUT2D eigenvalue weighted by atomic mass is 16.6. The van der Waals surface area contributed by atoms with Crippen LogP contribution in [0.5, 0.6) is 0 Å². The van der Waals surface area contributed by atoms with Gasteiger partial charge in [0.05, 0.1) is 19.7 Å². The summed E-state index contributed by atoms with van der Waals surface area (Å²) in [4.78, 5) is 18.4. The third kappa shape index (κ3) is 5.95. The number of nitrogens with zero attached hydrogens (tertiary/aromatic N) is 5. The van der Waals surface area contributed by atoms with Gasteiger partial charge in [-0.15, -0.1) is 10.2 Å². The lowest BCUT2D eigenvalue weighted by Gasteiger charge is -2.32. The second-order valence-electron chi connectivity index (χ2n) is 7.33. The molecule has 1 aromatic heterocycles. The monoisotopic (exact) mass is 413 g/mol. The van der Waals surface area contributed by atoms with E-state index in [-0.39, 0.29) is 12.1 Å². The molecule has 1 amide bonds. The van der Waals surface area contributed by atoms with Gasteiger partial charge in [0, 0.05) is 26.2 Å². The molecule has 2 aromatic rings. The van der Waals surface area contributed by atoms with Crippen molar-refractivity contribution in [2.45, 2.75) is 45.8 Å². The van der Waals surface area contributed by atoms with Gasteiger partial charge in [0.25, 0.3) is 0 Å². The van der Waals surface area contributed by atoms with E-state index in [0.29, 0.717) is 32.8 Å². The number of aromatic nitrogens is 3. The number of carbonyl (C=O) groups excluding carboxylic acids is 1. The highest BCUT2D eigenvalue weighted by Crippen LogP contribution is 2.12. The average molecular weight is 414 g/mol. The van der Waals surface area contributed by atoms with E-state index < -0.39 is 0 Å². The van der Waals surface area contributed by atoms with Gasteiger partial charge in [-0.3, -0.25) is 0 Å². The number of guanidine groups is 1. The summed E-state index contributed by atoms with van der Waals surface area (Å²) in [5.41, 5.74) is 1.14. The number of amides is 1. The third-order valence-corrected chi connectivity index (χ3v) is 5.22. The summed E-state index contributed by atoms with van der Waals surface area (Å²) in [5, 5.41) is 15.2. The zero-order chi connectivity index (χ0) is 21.3. The normalized spacial score (nSPS) is 15.2. The number of hydrogen-bond acceptors (Lipinski definition) is 5. The van der Waals surface area contributed by atoms with E-state index in [1.807, 2.05) is 43.7 Å². The van der Waals surface area contributed by atoms with Crippen LogP contribution in [0.25, 0.3) is 0 Å². The summed E-state index contributed by atoms with van der Waals surface area (Å²) in [5.74, 6) is 2.45. The Morgan fingerprint density at radius 1 is 1.23 bits per heavy atom. The number of likely N-dealkylation sites (tertiary alicyclic amines) is 1. The second-order valence-corrected chi connectivity index (χ2v) is 7.33. The standard InChI is InChI=1S/C21H31N7O2/c1-4-30-21(29)28-12-10-18(11-13-28)24-20(22-14-17-8-6-5-7-9-17)23-15-19-26-25-16(2)27(19)3/h5-9,18H,4,10-15H2,1-3H3,(H2,22,23,24). The lowest BCUT2D eigenvalue weighted by atomic mass is 10.1. The van der Waals surface area contributed by atoms with Gasteiger partial charge in [-0.2, -0.15) is 0 Å². The second kappa shape index (κ2) is 10.6. The van der Waals surface area contributed by atoms with Crippen molar-refractivity contribution >= 4 is 12.1 Å². The summed E-state index contributed by atoms with van der Waals surface area (Å²) >= 11 is 0. The van der Waals surface area contributed by atoms with Crippen LogP contribution in [0.2, 0.25) is 0 Å². The minimum absolute atomic E-state index is 0.232. The molecule has 1 aliphatic heterocycles. The van der Waals surface area contributed by atoms with Gasteiger partial charge in [-0.25, -0.2) is 9.79 Å². The lowest BCUT2D eigenvalue weighted by molar-refractivity contribution is 0.0963. The van der Waals surface area contributed by atoms with Crippen molar-refractivity contribution in [2.75, 3.05) is 19.7 Å². The lowest BCUT2D eigenvalue weighted by Crippen LogP contribution is -2.49. The minimum atomic E-state index is -0.232. The first-order valence-corrected chi connectivity index (χ1v) is 10.4. The zero-order valence-electron chi connectivity index (χ0n) is 18.0. The molecular weight excluding hydrogens is 382 g/mol. The molecular formula is C21H31N7O2. The van der Waals surface area contributed by atoms with Crippen LogP contribution in [0.3, 0.4) is 0 Å². The molecule has 1 saturated heterocycles. The molecule has 9 heteroatoms. The SMILES string of the molecule is CCOC(=O)N1CCC(NC(=NCc2ccccc2)NCc2nnc(C)n2C)CC1. The smallest absolute Gasteiger partial charge is 0.409 e. The van der Waals surface area contributed by atoms with E-state index in [9.17, 15) is 4.79 Å². The summed E-state index contributed by atoms with van der Waals surface area (Å²) in [6, 6.07) is 10.4. The van der Waals surface area contributed by atoms with Crippen molar-refractivity contribution < 1.29 is 9.53 Å². The van der Waals surface area contributed by atoms with E-state index in [1.54, 1.807) is 4.90 Å². The molecule has 30 heavy (non-hydrogen) atoms. The Morgan fingerprint density at radius 2 is 1.97 bits per heavy atom. The molecule has 0 saturated carbocycles. The van der Waals surface area contributed by atoms with E-state index >= 15 is 0 Å². The van der Waals surface area contributed by atoms with Crippen molar-refractivity contribution in [3.05, 3.63) is 47.5 Å². The molecule has 0 atom stereocenters. The van der Waals surface area contributed by atoms with E-state index in [4.69, 9.17) is 9.73 Å². The van der Waals surface area contributed by atoms with Crippen LogP contribution in [-0.2, 0) is 24.9 Å². The first kappa shape index (κ1) is 21.6. The van der Waals surface area contributed by atoms with Gasteiger partial charge in [-0.1, -0.05) is 30.3 Å². The first-order chi connectivity index (χ1) is 14.6. The molecule has 2 N–H and O–H groups in total. The van der Waals surface area contributed by atoms with Crippen LogP contribution in [-0.4, -0.2) is 57.5 Å². The van der Waals surface area contributed by atoms with E-state index in [1.165, 1.54) is 0 Å². The fourth-order valence-corrected chi connectivity index (χ4v) is 3.29. The number of aryl methyl sites for hydroxylation is 1. The van der Waals surface area contributed by atoms with E-state index in [0.717, 1.165) is 36.0 Å². The Bertz CT molecular complexity index is 842. The summed E-state index contributed by atoms with van der Waals surface area (Å²) in [7, 11) is 1.95. The maximum absolute atomic E-state index is 11.9. The third-order valence-electron chi connectivity index (χ3n) is 5.22. The van der Waals surface area contributed by atoms with Crippen LogP contribution < -0.4 is 10.6 Å². The zero-order valence-corrected chi connectivity index (χ0v) is 18.0. The number of rotatable bonds is 6. The Morgan fingerprint density at radius 3 is 2.60 bits per heavy atom. The Kier molecular flexibility index (Phi) is 7.64. The van der Waals surface area contributed by atoms with Gasteiger partial charge >= 0.3 is 6.09 Å². The molecule has 0 unspecified atom stereocenters. The molecule has 0 radical (unpaired) electrons. The van der Waals surface area contributed by atoms with Crippen molar-refractivity contribution in [1.82, 2.24) is 30.3 Å². The van der Waals surface area contributed by atoms with Crippen LogP contribution >= 0.6 is 0 Å². The van der Waals surface area contributed by atoms with Gasteiger partial charge in [-0.05, 0) is 32.3 Å². The van der Waals surface area contributed by atoms with Crippen LogP contribution in [0.15, 0.2) is 35.3 Å². The molecule has 162 valence electrons. The fourth-order valence-electron chi connectivity index (χ4n) is 3.29. The summed E-state index contributed by atoms with van der Waals surface area (Å²) < 4.78 is 7.06. The number of hydrogen-bond donors (Lipinski definition) is 2. The Labute approximate surface area is 177 Å².